The molecule has 0 radical (unpaired) electrons. The summed E-state index contributed by atoms with van der Waals surface area (Å²) in [7, 11) is -1.16. The SMILES string of the molecule is CCCCCCCC/C=C\CCCCCCCCOP(=O)(Cc1cc[n+](C)cc1)OCCCCCCCC/C=C\CCCCCCCC. The minimum atomic E-state index is -3.16. The van der Waals surface area contributed by atoms with Gasteiger partial charge in [0.05, 0.1) is 19.4 Å². The first-order valence-electron chi connectivity index (χ1n) is 20.7. The molecule has 0 unspecified atom stereocenters. The van der Waals surface area contributed by atoms with Gasteiger partial charge >= 0.3 is 7.60 Å². The van der Waals surface area contributed by atoms with Crippen LogP contribution in [0.3, 0.4) is 0 Å². The van der Waals surface area contributed by atoms with Crippen LogP contribution in [0.5, 0.6) is 0 Å². The van der Waals surface area contributed by atoms with Crippen LogP contribution in [-0.2, 0) is 26.8 Å². The van der Waals surface area contributed by atoms with Gasteiger partial charge in [0.15, 0.2) is 12.4 Å². The van der Waals surface area contributed by atoms with Crippen molar-refractivity contribution in [2.45, 2.75) is 200 Å². The number of allylic oxidation sites excluding steroid dienone is 4. The minimum absolute atomic E-state index is 0.354. The van der Waals surface area contributed by atoms with Gasteiger partial charge in [0.1, 0.15) is 7.05 Å². The standard InChI is InChI=1S/C43H79NO3P/c1-4-6-8-10-12-14-16-18-20-22-24-26-28-30-32-34-40-46-48(45,42-43-36-38-44(3)39-37-43)47-41-35-33-31-29-27-25-23-21-19-17-15-13-11-9-7-5-2/h18-21,36-39H,4-17,22-35,40-42H2,1-3H3/q+1/b20-18-,21-19-. The smallest absolute Gasteiger partial charge is 0.308 e. The summed E-state index contributed by atoms with van der Waals surface area (Å²) < 4.78 is 27.8. The van der Waals surface area contributed by atoms with Crippen LogP contribution in [0.15, 0.2) is 48.8 Å². The van der Waals surface area contributed by atoms with Crippen LogP contribution in [-0.4, -0.2) is 13.2 Å². The van der Waals surface area contributed by atoms with Crippen molar-refractivity contribution in [2.24, 2.45) is 7.05 Å². The van der Waals surface area contributed by atoms with Crippen LogP contribution in [0.1, 0.15) is 199 Å². The Labute approximate surface area is 299 Å². The summed E-state index contributed by atoms with van der Waals surface area (Å²) in [6.07, 6.45) is 49.7. The fourth-order valence-corrected chi connectivity index (χ4v) is 7.83. The predicted molar refractivity (Wildman–Crippen MR) is 210 cm³/mol. The Hall–Kier alpha value is -1.22. The van der Waals surface area contributed by atoms with E-state index in [4.69, 9.17) is 9.05 Å². The zero-order valence-electron chi connectivity index (χ0n) is 32.2. The zero-order chi connectivity index (χ0) is 34.6. The van der Waals surface area contributed by atoms with Gasteiger partial charge in [-0.2, -0.15) is 0 Å². The number of rotatable bonds is 36. The third-order valence-corrected chi connectivity index (χ3v) is 11.2. The molecule has 0 fully saturated rings. The Morgan fingerprint density at radius 3 is 1.17 bits per heavy atom. The first-order chi connectivity index (χ1) is 23.6. The van der Waals surface area contributed by atoms with Gasteiger partial charge in [-0.15, -0.1) is 0 Å². The lowest BCUT2D eigenvalue weighted by atomic mass is 10.1. The maximum Gasteiger partial charge on any atom is 0.335 e. The molecule has 0 saturated carbocycles. The van der Waals surface area contributed by atoms with Gasteiger partial charge < -0.3 is 9.05 Å². The first-order valence-corrected chi connectivity index (χ1v) is 22.4. The van der Waals surface area contributed by atoms with Crippen LogP contribution in [0.25, 0.3) is 0 Å². The maximum absolute atomic E-state index is 13.7. The van der Waals surface area contributed by atoms with E-state index in [1.54, 1.807) is 0 Å². The molecular weight excluding hydrogens is 609 g/mol. The highest BCUT2D eigenvalue weighted by molar-refractivity contribution is 7.53. The fourth-order valence-electron chi connectivity index (χ4n) is 6.10. The van der Waals surface area contributed by atoms with Crippen molar-refractivity contribution >= 4 is 7.60 Å². The van der Waals surface area contributed by atoms with Gasteiger partial charge in [0.2, 0.25) is 0 Å². The second-order valence-corrected chi connectivity index (χ2v) is 16.2. The van der Waals surface area contributed by atoms with Crippen molar-refractivity contribution in [3.05, 3.63) is 54.4 Å². The minimum Gasteiger partial charge on any atom is -0.308 e. The molecule has 0 amide bonds. The Kier molecular flexibility index (Phi) is 32.0. The molecule has 0 saturated heterocycles. The van der Waals surface area contributed by atoms with Gasteiger partial charge in [0, 0.05) is 12.1 Å². The highest BCUT2D eigenvalue weighted by Crippen LogP contribution is 2.51. The maximum atomic E-state index is 13.7. The van der Waals surface area contributed by atoms with Crippen LogP contribution >= 0.6 is 7.60 Å². The third-order valence-electron chi connectivity index (χ3n) is 9.31. The Bertz CT molecular complexity index is 865. The summed E-state index contributed by atoms with van der Waals surface area (Å²) in [5.74, 6) is 0. The lowest BCUT2D eigenvalue weighted by Crippen LogP contribution is -2.25. The van der Waals surface area contributed by atoms with E-state index in [2.05, 4.69) is 38.2 Å². The van der Waals surface area contributed by atoms with Crippen molar-refractivity contribution in [2.75, 3.05) is 13.2 Å². The summed E-state index contributed by atoms with van der Waals surface area (Å²) in [5.41, 5.74) is 1.01. The molecule has 0 aliphatic carbocycles. The van der Waals surface area contributed by atoms with Crippen molar-refractivity contribution in [1.82, 2.24) is 0 Å². The predicted octanol–water partition coefficient (Wildman–Crippen LogP) is 14.3. The Morgan fingerprint density at radius 2 is 0.812 bits per heavy atom. The monoisotopic (exact) mass is 689 g/mol. The van der Waals surface area contributed by atoms with Crippen LogP contribution in [0, 0.1) is 0 Å². The van der Waals surface area contributed by atoms with E-state index in [1.165, 1.54) is 154 Å². The van der Waals surface area contributed by atoms with Crippen molar-refractivity contribution in [3.8, 4) is 0 Å². The molecule has 4 nitrogen and oxygen atoms in total. The summed E-state index contributed by atoms with van der Waals surface area (Å²) in [4.78, 5) is 0. The quantitative estimate of drug-likeness (QED) is 0.0305. The highest BCUT2D eigenvalue weighted by Gasteiger charge is 2.25. The second-order valence-electron chi connectivity index (χ2n) is 14.2. The van der Waals surface area contributed by atoms with Crippen molar-refractivity contribution in [3.63, 3.8) is 0 Å². The second kappa shape index (κ2) is 34.2. The number of aromatic nitrogens is 1. The summed E-state index contributed by atoms with van der Waals surface area (Å²) >= 11 is 0. The van der Waals surface area contributed by atoms with Gasteiger partial charge in [-0.25, -0.2) is 4.57 Å². The molecule has 0 aliphatic heterocycles. The van der Waals surface area contributed by atoms with Gasteiger partial charge in [0.25, 0.3) is 0 Å². The van der Waals surface area contributed by atoms with Crippen molar-refractivity contribution < 1.29 is 18.2 Å². The molecule has 1 heterocycles. The van der Waals surface area contributed by atoms with E-state index < -0.39 is 7.60 Å². The molecule has 0 aromatic carbocycles. The summed E-state index contributed by atoms with van der Waals surface area (Å²) in [6, 6.07) is 4.04. The average Bonchev–Trinajstić information content (AvgIpc) is 3.08. The molecule has 278 valence electrons. The lowest BCUT2D eigenvalue weighted by molar-refractivity contribution is -0.671. The molecule has 0 aliphatic rings. The molecule has 0 N–H and O–H groups in total. The van der Waals surface area contributed by atoms with E-state index in [0.717, 1.165) is 31.2 Å². The highest BCUT2D eigenvalue weighted by atomic mass is 31.2. The van der Waals surface area contributed by atoms with Crippen LogP contribution in [0.4, 0.5) is 0 Å². The lowest BCUT2D eigenvalue weighted by Gasteiger charge is -2.19. The molecule has 1 rings (SSSR count). The largest absolute Gasteiger partial charge is 0.335 e. The Balaban J connectivity index is 2.13. The van der Waals surface area contributed by atoms with Crippen LogP contribution in [0.2, 0.25) is 0 Å². The number of nitrogens with zero attached hydrogens (tertiary/aromatic N) is 1. The molecule has 1 aromatic rings. The molecule has 0 atom stereocenters. The van der Waals surface area contributed by atoms with Crippen LogP contribution < -0.4 is 4.57 Å². The van der Waals surface area contributed by atoms with E-state index in [0.29, 0.717) is 19.4 Å². The topological polar surface area (TPSA) is 39.4 Å². The molecule has 1 aromatic heterocycles. The Morgan fingerprint density at radius 1 is 0.500 bits per heavy atom. The molecule has 0 bridgehead atoms. The summed E-state index contributed by atoms with van der Waals surface area (Å²) in [6.45, 7) is 5.60. The van der Waals surface area contributed by atoms with E-state index in [9.17, 15) is 4.57 Å². The molecule has 5 heteroatoms. The average molecular weight is 689 g/mol. The van der Waals surface area contributed by atoms with Gasteiger partial charge in [-0.3, -0.25) is 4.57 Å². The van der Waals surface area contributed by atoms with Gasteiger partial charge in [-0.05, 0) is 69.8 Å². The molecule has 48 heavy (non-hydrogen) atoms. The zero-order valence-corrected chi connectivity index (χ0v) is 33.1. The van der Waals surface area contributed by atoms with Gasteiger partial charge in [-0.1, -0.05) is 154 Å². The van der Waals surface area contributed by atoms with Crippen molar-refractivity contribution in [1.29, 1.82) is 0 Å². The first kappa shape index (κ1) is 44.8. The number of hydrogen-bond acceptors (Lipinski definition) is 3. The number of pyridine rings is 1. The number of unbranched alkanes of at least 4 members (excludes halogenated alkanes) is 24. The third kappa shape index (κ3) is 29.7. The van der Waals surface area contributed by atoms with E-state index in [1.807, 2.05) is 36.1 Å². The molecular formula is C43H79NO3P+. The fraction of sp³-hybridized carbons (Fsp3) is 0.791. The summed E-state index contributed by atoms with van der Waals surface area (Å²) in [5, 5.41) is 0. The molecule has 0 spiro atoms. The number of hydrogen-bond donors (Lipinski definition) is 0. The number of aryl methyl sites for hydroxylation is 1. The normalized spacial score (nSPS) is 12.2. The van der Waals surface area contributed by atoms with E-state index in [-0.39, 0.29) is 0 Å². The van der Waals surface area contributed by atoms with E-state index >= 15 is 0 Å².